The summed E-state index contributed by atoms with van der Waals surface area (Å²) in [6.45, 7) is 0. The van der Waals surface area contributed by atoms with Crippen LogP contribution in [-0.2, 0) is 0 Å². The highest BCUT2D eigenvalue weighted by Crippen LogP contribution is 2.30. The molecule has 3 heterocycles. The molecule has 0 aliphatic rings. The van der Waals surface area contributed by atoms with Crippen LogP contribution in [0.5, 0.6) is 5.75 Å². The molecule has 4 N–H and O–H groups in total. The van der Waals surface area contributed by atoms with E-state index in [9.17, 15) is 19.2 Å². The number of rotatable bonds is 2. The van der Waals surface area contributed by atoms with Crippen molar-refractivity contribution in [2.24, 2.45) is 0 Å². The van der Waals surface area contributed by atoms with Gasteiger partial charge in [-0.15, -0.1) is 0 Å². The van der Waals surface area contributed by atoms with Crippen molar-refractivity contribution >= 4 is 22.1 Å². The van der Waals surface area contributed by atoms with Gasteiger partial charge in [-0.1, -0.05) is 12.1 Å². The highest BCUT2D eigenvalue weighted by molar-refractivity contribution is 6.06. The van der Waals surface area contributed by atoms with Crippen LogP contribution in [0.3, 0.4) is 0 Å². The lowest BCUT2D eigenvalue weighted by atomic mass is 10.00. The van der Waals surface area contributed by atoms with E-state index in [-0.39, 0.29) is 27.6 Å². The minimum atomic E-state index is -0.748. The first kappa shape index (κ1) is 15.6. The highest BCUT2D eigenvalue weighted by Gasteiger charge is 2.18. The van der Waals surface area contributed by atoms with Crippen molar-refractivity contribution in [1.82, 2.24) is 24.9 Å². The summed E-state index contributed by atoms with van der Waals surface area (Å²) >= 11 is 0. The van der Waals surface area contributed by atoms with Crippen LogP contribution in [0.15, 0.2) is 43.4 Å². The molecule has 0 atom stereocenters. The summed E-state index contributed by atoms with van der Waals surface area (Å²) in [6, 6.07) is 6.63. The molecular weight excluding hydrogens is 342 g/mol. The molecule has 1 aromatic carbocycles. The maximum Gasteiger partial charge on any atom is 0.327 e. The van der Waals surface area contributed by atoms with Crippen LogP contribution >= 0.6 is 0 Å². The summed E-state index contributed by atoms with van der Waals surface area (Å²) in [5.74, 6) is 0.584. The van der Waals surface area contributed by atoms with Crippen molar-refractivity contribution in [1.29, 1.82) is 0 Å². The Kier molecular flexibility index (Phi) is 3.32. The van der Waals surface area contributed by atoms with Crippen LogP contribution in [0, 0.1) is 0 Å². The Morgan fingerprint density at radius 1 is 0.769 bits per heavy atom. The third-order valence-corrected chi connectivity index (χ3v) is 3.95. The zero-order valence-electron chi connectivity index (χ0n) is 13.3. The van der Waals surface area contributed by atoms with E-state index in [1.165, 1.54) is 7.11 Å². The molecule has 0 unspecified atom stereocenters. The summed E-state index contributed by atoms with van der Waals surface area (Å²) in [7, 11) is 1.51. The van der Waals surface area contributed by atoms with Crippen LogP contribution in [0.25, 0.3) is 33.2 Å². The van der Waals surface area contributed by atoms with E-state index >= 15 is 0 Å². The molecule has 3 aromatic heterocycles. The van der Waals surface area contributed by atoms with E-state index in [1.807, 2.05) is 0 Å². The molecule has 0 aliphatic heterocycles. The average Bonchev–Trinajstić information content (AvgIpc) is 2.59. The van der Waals surface area contributed by atoms with Crippen molar-refractivity contribution in [3.8, 4) is 16.9 Å². The summed E-state index contributed by atoms with van der Waals surface area (Å²) in [5.41, 5.74) is -2.23. The van der Waals surface area contributed by atoms with Crippen molar-refractivity contribution in [2.75, 3.05) is 7.11 Å². The van der Waals surface area contributed by atoms with E-state index in [1.54, 1.807) is 24.3 Å². The van der Waals surface area contributed by atoms with Crippen molar-refractivity contribution in [3.63, 3.8) is 0 Å². The van der Waals surface area contributed by atoms with Gasteiger partial charge in [-0.25, -0.2) is 14.6 Å². The maximum absolute atomic E-state index is 12.4. The number of hydrogen-bond donors (Lipinski definition) is 4. The SMILES string of the molecule is COc1ccc(-c2c3c(=O)[nH]c(=O)[nH]c3nc3[nH]c(=O)[nH]c(=O)c23)cc1. The van der Waals surface area contributed by atoms with Crippen LogP contribution < -0.4 is 27.2 Å². The van der Waals surface area contributed by atoms with Gasteiger partial charge in [0.15, 0.2) is 0 Å². The second-order valence-corrected chi connectivity index (χ2v) is 5.48. The number of aromatic nitrogens is 5. The van der Waals surface area contributed by atoms with Gasteiger partial charge < -0.3 is 4.74 Å². The van der Waals surface area contributed by atoms with E-state index in [0.717, 1.165) is 0 Å². The number of hydrogen-bond acceptors (Lipinski definition) is 6. The maximum atomic E-state index is 12.4. The Balaban J connectivity index is 2.29. The largest absolute Gasteiger partial charge is 0.497 e. The predicted molar refractivity (Wildman–Crippen MR) is 93.7 cm³/mol. The Morgan fingerprint density at radius 3 is 1.73 bits per heavy atom. The molecule has 130 valence electrons. The van der Waals surface area contributed by atoms with Crippen molar-refractivity contribution < 1.29 is 4.74 Å². The number of fused-ring (bicyclic) bond motifs is 2. The lowest BCUT2D eigenvalue weighted by Crippen LogP contribution is -2.26. The normalized spacial score (nSPS) is 11.1. The van der Waals surface area contributed by atoms with Gasteiger partial charge >= 0.3 is 11.4 Å². The fourth-order valence-corrected chi connectivity index (χ4v) is 2.86. The summed E-state index contributed by atoms with van der Waals surface area (Å²) < 4.78 is 5.12. The predicted octanol–water partition coefficient (Wildman–Crippen LogP) is -0.183. The van der Waals surface area contributed by atoms with Crippen LogP contribution in [0.4, 0.5) is 0 Å². The molecule has 10 nitrogen and oxygen atoms in total. The fraction of sp³-hybridized carbons (Fsp3) is 0.0625. The van der Waals surface area contributed by atoms with Gasteiger partial charge in [0.2, 0.25) is 0 Å². The second-order valence-electron chi connectivity index (χ2n) is 5.48. The Morgan fingerprint density at radius 2 is 1.27 bits per heavy atom. The number of H-pyrrole nitrogens is 4. The molecule has 0 radical (unpaired) electrons. The molecule has 4 rings (SSSR count). The average molecular weight is 353 g/mol. The Labute approximate surface area is 142 Å². The number of nitrogens with one attached hydrogen (secondary N) is 4. The first-order valence-corrected chi connectivity index (χ1v) is 7.45. The molecule has 4 aromatic rings. The van der Waals surface area contributed by atoms with Gasteiger partial charge in [0, 0.05) is 5.56 Å². The lowest BCUT2D eigenvalue weighted by molar-refractivity contribution is 0.415. The summed E-state index contributed by atoms with van der Waals surface area (Å²) in [5, 5.41) is 0.0552. The lowest BCUT2D eigenvalue weighted by Gasteiger charge is -2.09. The monoisotopic (exact) mass is 353 g/mol. The number of benzene rings is 1. The fourth-order valence-electron chi connectivity index (χ4n) is 2.86. The molecule has 0 bridgehead atoms. The highest BCUT2D eigenvalue weighted by atomic mass is 16.5. The van der Waals surface area contributed by atoms with Crippen LogP contribution in [-0.4, -0.2) is 32.0 Å². The minimum absolute atomic E-state index is 0.0276. The number of pyridine rings is 1. The van der Waals surface area contributed by atoms with Gasteiger partial charge in [-0.3, -0.25) is 29.5 Å². The minimum Gasteiger partial charge on any atom is -0.497 e. The quantitative estimate of drug-likeness (QED) is 0.367. The smallest absolute Gasteiger partial charge is 0.327 e. The second kappa shape index (κ2) is 5.55. The first-order chi connectivity index (χ1) is 12.5. The van der Waals surface area contributed by atoms with E-state index in [0.29, 0.717) is 11.3 Å². The van der Waals surface area contributed by atoms with Crippen LogP contribution in [0.1, 0.15) is 0 Å². The van der Waals surface area contributed by atoms with Gasteiger partial charge in [-0.2, -0.15) is 0 Å². The number of methoxy groups -OCH3 is 1. The standard InChI is InChI=1S/C16H11N5O5/c1-26-7-4-2-6(3-5-7)8-9-11(18-15(24)20-13(9)22)17-12-10(8)14(23)21-16(25)19-12/h2-5H,1H3,(H4,17,18,19,20,21,22,23,24,25). The number of ether oxygens (including phenoxy) is 1. The van der Waals surface area contributed by atoms with Crippen molar-refractivity contribution in [2.45, 2.75) is 0 Å². The molecule has 0 fully saturated rings. The van der Waals surface area contributed by atoms with E-state index < -0.39 is 22.5 Å². The molecule has 0 saturated heterocycles. The topological polar surface area (TPSA) is 154 Å². The van der Waals surface area contributed by atoms with E-state index in [2.05, 4.69) is 24.9 Å². The third kappa shape index (κ3) is 2.32. The molecule has 0 aliphatic carbocycles. The van der Waals surface area contributed by atoms with Crippen molar-refractivity contribution in [3.05, 3.63) is 65.9 Å². The van der Waals surface area contributed by atoms with Gasteiger partial charge in [0.05, 0.1) is 17.9 Å². The number of nitrogens with zero attached hydrogens (tertiary/aromatic N) is 1. The number of aromatic amines is 4. The van der Waals surface area contributed by atoms with Gasteiger partial charge in [0.1, 0.15) is 17.0 Å². The van der Waals surface area contributed by atoms with Gasteiger partial charge in [-0.05, 0) is 17.7 Å². The van der Waals surface area contributed by atoms with E-state index in [4.69, 9.17) is 4.74 Å². The molecule has 0 saturated carbocycles. The first-order valence-electron chi connectivity index (χ1n) is 7.45. The third-order valence-electron chi connectivity index (χ3n) is 3.95. The molecule has 0 amide bonds. The Hall–Kier alpha value is -3.95. The van der Waals surface area contributed by atoms with Gasteiger partial charge in [0.25, 0.3) is 11.1 Å². The summed E-state index contributed by atoms with van der Waals surface area (Å²) in [4.78, 5) is 61.2. The molecular formula is C16H11N5O5. The van der Waals surface area contributed by atoms with Crippen LogP contribution in [0.2, 0.25) is 0 Å². The molecule has 0 spiro atoms. The Bertz CT molecular complexity index is 1310. The zero-order chi connectivity index (χ0) is 18.4. The molecule has 10 heteroatoms. The summed E-state index contributed by atoms with van der Waals surface area (Å²) in [6.07, 6.45) is 0. The zero-order valence-corrected chi connectivity index (χ0v) is 13.3. The molecule has 26 heavy (non-hydrogen) atoms.